The van der Waals surface area contributed by atoms with Crippen LogP contribution in [-0.2, 0) is 6.54 Å². The van der Waals surface area contributed by atoms with Gasteiger partial charge in [0.25, 0.3) is 5.91 Å². The summed E-state index contributed by atoms with van der Waals surface area (Å²) in [6, 6.07) is 12.0. The zero-order chi connectivity index (χ0) is 23.4. The Kier molecular flexibility index (Phi) is 9.09. The van der Waals surface area contributed by atoms with Crippen molar-refractivity contribution in [3.63, 3.8) is 0 Å². The van der Waals surface area contributed by atoms with Crippen LogP contribution < -0.4 is 14.2 Å². The highest BCUT2D eigenvalue weighted by Crippen LogP contribution is 2.35. The van der Waals surface area contributed by atoms with Crippen molar-refractivity contribution in [2.45, 2.75) is 45.8 Å². The Labute approximate surface area is 209 Å². The number of benzene rings is 2. The molecule has 2 aliphatic heterocycles. The Morgan fingerprint density at radius 3 is 2.59 bits per heavy atom. The molecule has 0 radical (unpaired) electrons. The molecule has 2 aromatic carbocycles. The van der Waals surface area contributed by atoms with E-state index in [-0.39, 0.29) is 24.4 Å². The molecular weight excluding hydrogens is 452 g/mol. The Balaban J connectivity index is 0.00000324. The Morgan fingerprint density at radius 2 is 1.85 bits per heavy atom. The number of rotatable bonds is 8. The fourth-order valence-electron chi connectivity index (χ4n) is 5.11. The molecule has 2 heterocycles. The lowest BCUT2D eigenvalue weighted by atomic mass is 10.0. The molecule has 0 aliphatic carbocycles. The van der Waals surface area contributed by atoms with E-state index in [1.54, 1.807) is 14.2 Å². The van der Waals surface area contributed by atoms with Gasteiger partial charge in [0.2, 0.25) is 0 Å². The summed E-state index contributed by atoms with van der Waals surface area (Å²) in [5.74, 6) is 2.77. The third-order valence-electron chi connectivity index (χ3n) is 6.66. The number of fused-ring (bicyclic) bond motifs is 1. The SMILES string of the molecule is COc1cc2c(cc1OC)C(=O)N(CC1CCCCN(CC(C)Oc3cccc(C)c3)C1)C2.Cl. The maximum Gasteiger partial charge on any atom is 0.254 e. The fraction of sp³-hybridized carbons (Fsp3) is 0.519. The summed E-state index contributed by atoms with van der Waals surface area (Å²) in [6.45, 7) is 8.62. The predicted molar refractivity (Wildman–Crippen MR) is 137 cm³/mol. The zero-order valence-electron chi connectivity index (χ0n) is 20.7. The monoisotopic (exact) mass is 488 g/mol. The molecule has 4 rings (SSSR count). The van der Waals surface area contributed by atoms with Gasteiger partial charge in [0.05, 0.1) is 14.2 Å². The molecule has 0 N–H and O–H groups in total. The second kappa shape index (κ2) is 11.8. The van der Waals surface area contributed by atoms with Crippen LogP contribution in [0.2, 0.25) is 0 Å². The topological polar surface area (TPSA) is 51.2 Å². The molecule has 2 aliphatic rings. The lowest BCUT2D eigenvalue weighted by Gasteiger charge is -2.29. The lowest BCUT2D eigenvalue weighted by Crippen LogP contribution is -2.40. The Morgan fingerprint density at radius 1 is 1.09 bits per heavy atom. The molecule has 0 spiro atoms. The molecule has 0 bridgehead atoms. The molecule has 6 nitrogen and oxygen atoms in total. The standard InChI is InChI=1S/C27H36N2O4.ClH/c1-19-8-7-10-23(12-19)33-20(2)15-28-11-6-5-9-21(16-28)17-29-18-22-13-25(31-3)26(32-4)14-24(22)27(29)30;/h7-8,10,12-14,20-21H,5-6,9,11,15-18H2,1-4H3;1H. The summed E-state index contributed by atoms with van der Waals surface area (Å²) < 4.78 is 17.0. The summed E-state index contributed by atoms with van der Waals surface area (Å²) in [5.41, 5.74) is 2.96. The number of likely N-dealkylation sites (tertiary alicyclic amines) is 1. The number of amides is 1. The van der Waals surface area contributed by atoms with Crippen molar-refractivity contribution in [3.05, 3.63) is 53.1 Å². The van der Waals surface area contributed by atoms with E-state index in [0.717, 1.165) is 49.5 Å². The van der Waals surface area contributed by atoms with Gasteiger partial charge in [-0.25, -0.2) is 0 Å². The predicted octanol–water partition coefficient (Wildman–Crippen LogP) is 4.96. The molecule has 1 amide bonds. The van der Waals surface area contributed by atoms with Gasteiger partial charge in [-0.3, -0.25) is 9.69 Å². The van der Waals surface area contributed by atoms with Gasteiger partial charge in [0, 0.05) is 31.7 Å². The minimum absolute atomic E-state index is 0. The fourth-order valence-corrected chi connectivity index (χ4v) is 5.11. The maximum atomic E-state index is 13.1. The summed E-state index contributed by atoms with van der Waals surface area (Å²) in [5, 5.41) is 0. The highest BCUT2D eigenvalue weighted by atomic mass is 35.5. The quantitative estimate of drug-likeness (QED) is 0.525. The molecule has 34 heavy (non-hydrogen) atoms. The van der Waals surface area contributed by atoms with Crippen LogP contribution in [0.3, 0.4) is 0 Å². The van der Waals surface area contributed by atoms with E-state index >= 15 is 0 Å². The van der Waals surface area contributed by atoms with Crippen LogP contribution in [0.15, 0.2) is 36.4 Å². The van der Waals surface area contributed by atoms with E-state index in [9.17, 15) is 4.79 Å². The van der Waals surface area contributed by atoms with Gasteiger partial charge in [-0.1, -0.05) is 18.6 Å². The number of carbonyl (C=O) groups is 1. The highest BCUT2D eigenvalue weighted by molar-refractivity contribution is 5.99. The largest absolute Gasteiger partial charge is 0.493 e. The van der Waals surface area contributed by atoms with Gasteiger partial charge in [0.1, 0.15) is 11.9 Å². The highest BCUT2D eigenvalue weighted by Gasteiger charge is 2.32. The number of aryl methyl sites for hydroxylation is 1. The van der Waals surface area contributed by atoms with Crippen LogP contribution >= 0.6 is 12.4 Å². The van der Waals surface area contributed by atoms with Crippen molar-refractivity contribution >= 4 is 18.3 Å². The van der Waals surface area contributed by atoms with Crippen molar-refractivity contribution in [1.82, 2.24) is 9.80 Å². The van der Waals surface area contributed by atoms with Crippen LogP contribution in [0.5, 0.6) is 17.2 Å². The Hall–Kier alpha value is -2.44. The summed E-state index contributed by atoms with van der Waals surface area (Å²) in [7, 11) is 3.23. The lowest BCUT2D eigenvalue weighted by molar-refractivity contribution is 0.0725. The van der Waals surface area contributed by atoms with Gasteiger partial charge in [-0.15, -0.1) is 12.4 Å². The maximum absolute atomic E-state index is 13.1. The Bertz CT molecular complexity index is 983. The van der Waals surface area contributed by atoms with Crippen molar-refractivity contribution in [2.24, 2.45) is 5.92 Å². The number of hydrogen-bond acceptors (Lipinski definition) is 5. The van der Waals surface area contributed by atoms with E-state index in [4.69, 9.17) is 14.2 Å². The van der Waals surface area contributed by atoms with Crippen LogP contribution in [0, 0.1) is 12.8 Å². The number of carbonyl (C=O) groups excluding carboxylic acids is 1. The van der Waals surface area contributed by atoms with E-state index in [1.807, 2.05) is 29.2 Å². The molecule has 186 valence electrons. The smallest absolute Gasteiger partial charge is 0.254 e. The molecule has 0 aromatic heterocycles. The second-order valence-electron chi connectivity index (χ2n) is 9.42. The van der Waals surface area contributed by atoms with E-state index in [2.05, 4.69) is 30.9 Å². The van der Waals surface area contributed by atoms with Gasteiger partial charge < -0.3 is 19.1 Å². The molecule has 0 saturated carbocycles. The third kappa shape index (κ3) is 6.16. The second-order valence-corrected chi connectivity index (χ2v) is 9.42. The van der Waals surface area contributed by atoms with E-state index in [1.165, 1.54) is 18.4 Å². The molecule has 2 aromatic rings. The van der Waals surface area contributed by atoms with Gasteiger partial charge >= 0.3 is 0 Å². The number of ether oxygens (including phenoxy) is 3. The third-order valence-corrected chi connectivity index (χ3v) is 6.66. The van der Waals surface area contributed by atoms with Crippen molar-refractivity contribution in [1.29, 1.82) is 0 Å². The number of nitrogens with zero attached hydrogens (tertiary/aromatic N) is 2. The average Bonchev–Trinajstić information content (AvgIpc) is 2.94. The molecule has 2 unspecified atom stereocenters. The summed E-state index contributed by atoms with van der Waals surface area (Å²) in [4.78, 5) is 17.6. The van der Waals surface area contributed by atoms with Gasteiger partial charge in [0.15, 0.2) is 11.5 Å². The first-order chi connectivity index (χ1) is 16.0. The van der Waals surface area contributed by atoms with Gasteiger partial charge in [-0.2, -0.15) is 0 Å². The van der Waals surface area contributed by atoms with E-state index in [0.29, 0.717) is 24.0 Å². The van der Waals surface area contributed by atoms with Crippen LogP contribution in [0.1, 0.15) is 47.7 Å². The first kappa shape index (κ1) is 26.2. The van der Waals surface area contributed by atoms with E-state index < -0.39 is 0 Å². The molecular formula is C27H37ClN2O4. The molecule has 1 fully saturated rings. The molecule has 1 saturated heterocycles. The summed E-state index contributed by atoms with van der Waals surface area (Å²) in [6.07, 6.45) is 3.65. The van der Waals surface area contributed by atoms with Crippen LogP contribution in [0.25, 0.3) is 0 Å². The normalized spacial score (nSPS) is 19.1. The first-order valence-corrected chi connectivity index (χ1v) is 12.0. The van der Waals surface area contributed by atoms with Crippen LogP contribution in [-0.4, -0.2) is 62.2 Å². The molecule has 2 atom stereocenters. The summed E-state index contributed by atoms with van der Waals surface area (Å²) >= 11 is 0. The minimum Gasteiger partial charge on any atom is -0.493 e. The van der Waals surface area contributed by atoms with Crippen molar-refractivity contribution < 1.29 is 19.0 Å². The van der Waals surface area contributed by atoms with Crippen molar-refractivity contribution in [2.75, 3.05) is 40.4 Å². The van der Waals surface area contributed by atoms with Crippen LogP contribution in [0.4, 0.5) is 0 Å². The average molecular weight is 489 g/mol. The van der Waals surface area contributed by atoms with Gasteiger partial charge in [-0.05, 0) is 74.5 Å². The number of methoxy groups -OCH3 is 2. The van der Waals surface area contributed by atoms with Crippen molar-refractivity contribution in [3.8, 4) is 17.2 Å². The zero-order valence-corrected chi connectivity index (χ0v) is 21.5. The number of halogens is 1. The molecule has 7 heteroatoms. The first-order valence-electron chi connectivity index (χ1n) is 12.0. The number of hydrogen-bond donors (Lipinski definition) is 0. The minimum atomic E-state index is 0.